The van der Waals surface area contributed by atoms with Crippen LogP contribution in [0.4, 0.5) is 10.1 Å². The van der Waals surface area contributed by atoms with Gasteiger partial charge in [-0.2, -0.15) is 0 Å². The number of halogens is 1. The molecule has 0 bridgehead atoms. The standard InChI is InChI=1S/C27H30FN3O5S/c1-4-29-27(33)20(2)30(18-21-8-6-5-7-9-21)26(32)19-31(23-12-10-22(28)11-13-23)37(34,35)25-16-14-24(36-3)15-17-25/h5-17,20H,4,18-19H2,1-3H3,(H,29,33). The van der Waals surface area contributed by atoms with E-state index in [4.69, 9.17) is 4.74 Å². The lowest BCUT2D eigenvalue weighted by atomic mass is 10.1. The third kappa shape index (κ3) is 6.85. The third-order valence-corrected chi connectivity index (χ3v) is 7.54. The van der Waals surface area contributed by atoms with Gasteiger partial charge < -0.3 is 15.0 Å². The number of nitrogens with zero attached hydrogens (tertiary/aromatic N) is 2. The Hall–Kier alpha value is -3.92. The first-order valence-corrected chi connectivity index (χ1v) is 13.1. The van der Waals surface area contributed by atoms with Crippen LogP contribution in [-0.4, -0.2) is 51.4 Å². The topological polar surface area (TPSA) is 96.0 Å². The maximum atomic E-state index is 13.7. The molecule has 0 spiro atoms. The van der Waals surface area contributed by atoms with E-state index in [9.17, 15) is 22.4 Å². The van der Waals surface area contributed by atoms with Crippen LogP contribution in [0, 0.1) is 5.82 Å². The van der Waals surface area contributed by atoms with Crippen LogP contribution in [0.2, 0.25) is 0 Å². The van der Waals surface area contributed by atoms with E-state index in [-0.39, 0.29) is 23.0 Å². The minimum atomic E-state index is -4.24. The van der Waals surface area contributed by atoms with Crippen LogP contribution in [0.1, 0.15) is 19.4 Å². The molecule has 10 heteroatoms. The van der Waals surface area contributed by atoms with Crippen molar-refractivity contribution >= 4 is 27.5 Å². The van der Waals surface area contributed by atoms with Crippen LogP contribution in [0.5, 0.6) is 5.75 Å². The summed E-state index contributed by atoms with van der Waals surface area (Å²) in [4.78, 5) is 27.6. The summed E-state index contributed by atoms with van der Waals surface area (Å²) in [5.41, 5.74) is 0.884. The molecule has 2 amide bonds. The number of benzene rings is 3. The lowest BCUT2D eigenvalue weighted by molar-refractivity contribution is -0.139. The molecule has 3 rings (SSSR count). The second kappa shape index (κ2) is 12.4. The van der Waals surface area contributed by atoms with Crippen LogP contribution in [-0.2, 0) is 26.2 Å². The normalized spacial score (nSPS) is 11.9. The molecule has 0 saturated heterocycles. The zero-order valence-electron chi connectivity index (χ0n) is 20.9. The number of hydrogen-bond donors (Lipinski definition) is 1. The fourth-order valence-corrected chi connectivity index (χ4v) is 5.11. The largest absolute Gasteiger partial charge is 0.497 e. The highest BCUT2D eigenvalue weighted by Crippen LogP contribution is 2.26. The van der Waals surface area contributed by atoms with Gasteiger partial charge in [0.1, 0.15) is 24.2 Å². The van der Waals surface area contributed by atoms with E-state index in [1.54, 1.807) is 13.8 Å². The van der Waals surface area contributed by atoms with Crippen molar-refractivity contribution in [3.05, 3.63) is 90.2 Å². The van der Waals surface area contributed by atoms with E-state index in [0.29, 0.717) is 12.3 Å². The number of carbonyl (C=O) groups excluding carboxylic acids is 2. The fraction of sp³-hybridized carbons (Fsp3) is 0.259. The van der Waals surface area contributed by atoms with Crippen LogP contribution >= 0.6 is 0 Å². The molecule has 0 aliphatic carbocycles. The van der Waals surface area contributed by atoms with Gasteiger partial charge in [0.15, 0.2) is 0 Å². The zero-order chi connectivity index (χ0) is 27.0. The summed E-state index contributed by atoms with van der Waals surface area (Å²) in [5, 5.41) is 2.71. The first-order valence-electron chi connectivity index (χ1n) is 11.7. The molecule has 0 aliphatic heterocycles. The second-order valence-corrected chi connectivity index (χ2v) is 10.1. The van der Waals surface area contributed by atoms with E-state index in [1.165, 1.54) is 48.4 Å². The van der Waals surface area contributed by atoms with Gasteiger partial charge in [-0.15, -0.1) is 0 Å². The third-order valence-electron chi connectivity index (χ3n) is 5.75. The minimum absolute atomic E-state index is 0.0724. The molecule has 1 unspecified atom stereocenters. The fourth-order valence-electron chi connectivity index (χ4n) is 3.70. The molecule has 3 aromatic carbocycles. The minimum Gasteiger partial charge on any atom is -0.497 e. The molecule has 196 valence electrons. The maximum absolute atomic E-state index is 13.7. The first kappa shape index (κ1) is 27.7. The Morgan fingerprint density at radius 3 is 2.16 bits per heavy atom. The van der Waals surface area contributed by atoms with Crippen LogP contribution in [0.3, 0.4) is 0 Å². The molecule has 0 aromatic heterocycles. The summed E-state index contributed by atoms with van der Waals surface area (Å²) in [6.07, 6.45) is 0. The molecular weight excluding hydrogens is 497 g/mol. The highest BCUT2D eigenvalue weighted by Gasteiger charge is 2.32. The van der Waals surface area contributed by atoms with Crippen LogP contribution < -0.4 is 14.4 Å². The number of anilines is 1. The molecule has 0 radical (unpaired) electrons. The van der Waals surface area contributed by atoms with E-state index in [1.807, 2.05) is 30.3 Å². The monoisotopic (exact) mass is 527 g/mol. The Kier molecular flexibility index (Phi) is 9.24. The van der Waals surface area contributed by atoms with Crippen molar-refractivity contribution in [2.24, 2.45) is 0 Å². The van der Waals surface area contributed by atoms with Crippen molar-refractivity contribution in [2.45, 2.75) is 31.3 Å². The average molecular weight is 528 g/mol. The van der Waals surface area contributed by atoms with Crippen molar-refractivity contribution in [2.75, 3.05) is 24.5 Å². The van der Waals surface area contributed by atoms with E-state index >= 15 is 0 Å². The predicted octanol–water partition coefficient (Wildman–Crippen LogP) is 3.58. The van der Waals surface area contributed by atoms with Crippen molar-refractivity contribution < 1.29 is 27.1 Å². The van der Waals surface area contributed by atoms with Crippen molar-refractivity contribution in [1.82, 2.24) is 10.2 Å². The number of amides is 2. The van der Waals surface area contributed by atoms with Crippen LogP contribution in [0.25, 0.3) is 0 Å². The molecule has 0 aliphatic rings. The van der Waals surface area contributed by atoms with Gasteiger partial charge in [0.25, 0.3) is 10.0 Å². The van der Waals surface area contributed by atoms with Gasteiger partial charge in [0, 0.05) is 13.1 Å². The summed E-state index contributed by atoms with van der Waals surface area (Å²) < 4.78 is 47.0. The van der Waals surface area contributed by atoms with Gasteiger partial charge in [-0.3, -0.25) is 13.9 Å². The Balaban J connectivity index is 2.01. The zero-order valence-corrected chi connectivity index (χ0v) is 21.7. The number of ether oxygens (including phenoxy) is 1. The smallest absolute Gasteiger partial charge is 0.264 e. The molecule has 0 heterocycles. The lowest BCUT2D eigenvalue weighted by Crippen LogP contribution is -2.51. The molecule has 1 N–H and O–H groups in total. The number of carbonyl (C=O) groups is 2. The molecule has 37 heavy (non-hydrogen) atoms. The van der Waals surface area contributed by atoms with E-state index in [2.05, 4.69) is 5.32 Å². The van der Waals surface area contributed by atoms with Gasteiger partial charge in [-0.05, 0) is 67.9 Å². The van der Waals surface area contributed by atoms with Crippen LogP contribution in [0.15, 0.2) is 83.8 Å². The summed E-state index contributed by atoms with van der Waals surface area (Å²) in [6.45, 7) is 3.23. The van der Waals surface area contributed by atoms with Gasteiger partial charge in [-0.25, -0.2) is 12.8 Å². The second-order valence-electron chi connectivity index (χ2n) is 8.24. The highest BCUT2D eigenvalue weighted by atomic mass is 32.2. The Morgan fingerprint density at radius 2 is 1.59 bits per heavy atom. The Bertz CT molecular complexity index is 1300. The molecule has 8 nitrogen and oxygen atoms in total. The van der Waals surface area contributed by atoms with E-state index < -0.39 is 34.3 Å². The Morgan fingerprint density at radius 1 is 0.973 bits per heavy atom. The number of likely N-dealkylation sites (N-methyl/N-ethyl adjacent to an activating group) is 1. The van der Waals surface area contributed by atoms with Crippen molar-refractivity contribution in [3.8, 4) is 5.75 Å². The highest BCUT2D eigenvalue weighted by molar-refractivity contribution is 7.92. The van der Waals surface area contributed by atoms with Gasteiger partial charge in [-0.1, -0.05) is 30.3 Å². The summed E-state index contributed by atoms with van der Waals surface area (Å²) in [7, 11) is -2.78. The van der Waals surface area contributed by atoms with Gasteiger partial charge in [0.2, 0.25) is 11.8 Å². The number of nitrogens with one attached hydrogen (secondary N) is 1. The predicted molar refractivity (Wildman–Crippen MR) is 139 cm³/mol. The Labute approximate surface area is 216 Å². The quantitative estimate of drug-likeness (QED) is 0.411. The van der Waals surface area contributed by atoms with Crippen molar-refractivity contribution in [1.29, 1.82) is 0 Å². The maximum Gasteiger partial charge on any atom is 0.264 e. The number of sulfonamides is 1. The summed E-state index contributed by atoms with van der Waals surface area (Å²) in [5.74, 6) is -1.04. The van der Waals surface area contributed by atoms with Crippen molar-refractivity contribution in [3.63, 3.8) is 0 Å². The molecule has 3 aromatic rings. The summed E-state index contributed by atoms with van der Waals surface area (Å²) >= 11 is 0. The first-order chi connectivity index (χ1) is 17.7. The number of methoxy groups -OCH3 is 1. The molecule has 0 saturated carbocycles. The van der Waals surface area contributed by atoms with Gasteiger partial charge >= 0.3 is 0 Å². The number of hydrogen-bond acceptors (Lipinski definition) is 5. The molecule has 1 atom stereocenters. The lowest BCUT2D eigenvalue weighted by Gasteiger charge is -2.32. The summed E-state index contributed by atoms with van der Waals surface area (Å²) in [6, 6.07) is 18.8. The molecular formula is C27H30FN3O5S. The average Bonchev–Trinajstić information content (AvgIpc) is 2.91. The number of rotatable bonds is 11. The van der Waals surface area contributed by atoms with E-state index in [0.717, 1.165) is 22.0 Å². The van der Waals surface area contributed by atoms with Gasteiger partial charge in [0.05, 0.1) is 17.7 Å². The SMILES string of the molecule is CCNC(=O)C(C)N(Cc1ccccc1)C(=O)CN(c1ccc(F)cc1)S(=O)(=O)c1ccc(OC)cc1. The molecule has 0 fully saturated rings.